The summed E-state index contributed by atoms with van der Waals surface area (Å²) in [5, 5.41) is 3.96. The van der Waals surface area contributed by atoms with Gasteiger partial charge in [-0.15, -0.1) is 0 Å². The van der Waals surface area contributed by atoms with Crippen molar-refractivity contribution in [2.24, 2.45) is 16.4 Å². The Morgan fingerprint density at radius 1 is 1.19 bits per heavy atom. The maximum absolute atomic E-state index is 12.8. The fourth-order valence-electron chi connectivity index (χ4n) is 4.25. The standard InChI is InChI=1S/C19H30N4O3/c1-14(2)7-11-22-12-19(9-6-17(22)25)8-3-10-23(13-19)18(26)15-4-5-16(24)21-20-15/h14H,3-13H2,1-2H3,(H,21,24). The van der Waals surface area contributed by atoms with Gasteiger partial charge in [-0.25, -0.2) is 5.43 Å². The highest BCUT2D eigenvalue weighted by molar-refractivity contribution is 6.39. The lowest BCUT2D eigenvalue weighted by Crippen LogP contribution is -2.56. The van der Waals surface area contributed by atoms with Crippen molar-refractivity contribution in [1.82, 2.24) is 15.2 Å². The summed E-state index contributed by atoms with van der Waals surface area (Å²) < 4.78 is 0. The Kier molecular flexibility index (Phi) is 5.63. The molecule has 0 bridgehead atoms. The Hall–Kier alpha value is -1.92. The number of likely N-dealkylation sites (tertiary alicyclic amines) is 2. The van der Waals surface area contributed by atoms with E-state index in [0.717, 1.165) is 45.3 Å². The number of nitrogens with zero attached hydrogens (tertiary/aromatic N) is 3. The van der Waals surface area contributed by atoms with Gasteiger partial charge in [-0.05, 0) is 31.6 Å². The molecular weight excluding hydrogens is 332 g/mol. The van der Waals surface area contributed by atoms with Gasteiger partial charge in [0.1, 0.15) is 5.71 Å². The molecule has 1 unspecified atom stereocenters. The zero-order chi connectivity index (χ0) is 18.7. The summed E-state index contributed by atoms with van der Waals surface area (Å²) in [5.41, 5.74) is 2.87. The van der Waals surface area contributed by atoms with Gasteiger partial charge in [0.15, 0.2) is 0 Å². The molecule has 3 aliphatic rings. The molecule has 7 heteroatoms. The molecule has 144 valence electrons. The lowest BCUT2D eigenvalue weighted by molar-refractivity contribution is -0.141. The molecule has 2 fully saturated rings. The van der Waals surface area contributed by atoms with Crippen LogP contribution in [0.1, 0.15) is 58.8 Å². The summed E-state index contributed by atoms with van der Waals surface area (Å²) in [6.07, 6.45) is 5.20. The average Bonchev–Trinajstić information content (AvgIpc) is 2.63. The quantitative estimate of drug-likeness (QED) is 0.823. The maximum Gasteiger partial charge on any atom is 0.270 e. The highest BCUT2D eigenvalue weighted by Crippen LogP contribution is 2.39. The first-order valence-corrected chi connectivity index (χ1v) is 9.81. The van der Waals surface area contributed by atoms with Gasteiger partial charge in [0.2, 0.25) is 11.8 Å². The van der Waals surface area contributed by atoms with Crippen molar-refractivity contribution < 1.29 is 14.4 Å². The lowest BCUT2D eigenvalue weighted by atomic mass is 9.73. The van der Waals surface area contributed by atoms with Crippen molar-refractivity contribution in [2.75, 3.05) is 26.2 Å². The number of piperidine rings is 2. The zero-order valence-corrected chi connectivity index (χ0v) is 15.9. The van der Waals surface area contributed by atoms with Gasteiger partial charge in [-0.3, -0.25) is 14.4 Å². The van der Waals surface area contributed by atoms with Gasteiger partial charge in [0, 0.05) is 50.9 Å². The van der Waals surface area contributed by atoms with Crippen molar-refractivity contribution in [3.8, 4) is 0 Å². The van der Waals surface area contributed by atoms with Gasteiger partial charge >= 0.3 is 0 Å². The van der Waals surface area contributed by atoms with Crippen molar-refractivity contribution in [3.05, 3.63) is 0 Å². The van der Waals surface area contributed by atoms with E-state index in [2.05, 4.69) is 24.4 Å². The van der Waals surface area contributed by atoms with Gasteiger partial charge in [0.05, 0.1) is 0 Å². The molecule has 0 aromatic heterocycles. The largest absolute Gasteiger partial charge is 0.342 e. The molecule has 3 aliphatic heterocycles. The lowest BCUT2D eigenvalue weighted by Gasteiger charge is -2.48. The van der Waals surface area contributed by atoms with Crippen LogP contribution in [-0.4, -0.2) is 59.4 Å². The molecule has 7 nitrogen and oxygen atoms in total. The molecule has 0 aromatic carbocycles. The van der Waals surface area contributed by atoms with Crippen molar-refractivity contribution in [1.29, 1.82) is 0 Å². The summed E-state index contributed by atoms with van der Waals surface area (Å²) in [4.78, 5) is 40.3. The first kappa shape index (κ1) is 18.9. The summed E-state index contributed by atoms with van der Waals surface area (Å²) in [7, 11) is 0. The molecule has 1 N–H and O–H groups in total. The molecule has 1 atom stereocenters. The minimum Gasteiger partial charge on any atom is -0.342 e. The third kappa shape index (κ3) is 4.24. The van der Waals surface area contributed by atoms with E-state index in [4.69, 9.17) is 0 Å². The normalized spacial score (nSPS) is 27.0. The molecule has 2 saturated heterocycles. The number of carbonyl (C=O) groups is 3. The van der Waals surface area contributed by atoms with Crippen molar-refractivity contribution in [3.63, 3.8) is 0 Å². The maximum atomic E-state index is 12.8. The average molecular weight is 362 g/mol. The fourth-order valence-corrected chi connectivity index (χ4v) is 4.25. The Bertz CT molecular complexity index is 616. The van der Waals surface area contributed by atoms with Gasteiger partial charge in [-0.2, -0.15) is 5.10 Å². The van der Waals surface area contributed by atoms with Crippen LogP contribution in [0.25, 0.3) is 0 Å². The van der Waals surface area contributed by atoms with Crippen LogP contribution in [0.2, 0.25) is 0 Å². The van der Waals surface area contributed by atoms with E-state index in [1.807, 2.05) is 9.80 Å². The van der Waals surface area contributed by atoms with E-state index in [1.54, 1.807) is 0 Å². The predicted molar refractivity (Wildman–Crippen MR) is 98.3 cm³/mol. The molecule has 0 aliphatic carbocycles. The van der Waals surface area contributed by atoms with Gasteiger partial charge < -0.3 is 9.80 Å². The first-order chi connectivity index (χ1) is 12.4. The summed E-state index contributed by atoms with van der Waals surface area (Å²) >= 11 is 0. The Morgan fingerprint density at radius 3 is 2.69 bits per heavy atom. The predicted octanol–water partition coefficient (Wildman–Crippen LogP) is 1.53. The minimum absolute atomic E-state index is 0.0112. The molecule has 0 radical (unpaired) electrons. The SMILES string of the molecule is CC(C)CCN1CC2(CCCN(C(=O)C3=NNC(=O)CC3)C2)CCC1=O. The number of hydrogen-bond donors (Lipinski definition) is 1. The number of hydrogen-bond acceptors (Lipinski definition) is 4. The van der Waals surface area contributed by atoms with E-state index in [0.29, 0.717) is 37.4 Å². The molecule has 3 heterocycles. The van der Waals surface area contributed by atoms with Crippen LogP contribution in [0.4, 0.5) is 0 Å². The number of nitrogens with one attached hydrogen (secondary N) is 1. The molecule has 3 rings (SSSR count). The highest BCUT2D eigenvalue weighted by Gasteiger charge is 2.43. The van der Waals surface area contributed by atoms with Crippen LogP contribution in [-0.2, 0) is 14.4 Å². The number of rotatable bonds is 4. The van der Waals surface area contributed by atoms with Crippen LogP contribution in [0.15, 0.2) is 5.10 Å². The Labute approximate surface area is 155 Å². The monoisotopic (exact) mass is 362 g/mol. The van der Waals surface area contributed by atoms with Crippen LogP contribution in [0.5, 0.6) is 0 Å². The van der Waals surface area contributed by atoms with Gasteiger partial charge in [0.25, 0.3) is 5.91 Å². The van der Waals surface area contributed by atoms with Crippen LogP contribution in [0, 0.1) is 11.3 Å². The van der Waals surface area contributed by atoms with Crippen molar-refractivity contribution in [2.45, 2.75) is 58.8 Å². The third-order valence-corrected chi connectivity index (χ3v) is 5.82. The first-order valence-electron chi connectivity index (χ1n) is 9.81. The summed E-state index contributed by atoms with van der Waals surface area (Å²) in [6.45, 7) is 7.33. The van der Waals surface area contributed by atoms with Crippen molar-refractivity contribution >= 4 is 23.4 Å². The second-order valence-electron chi connectivity index (χ2n) is 8.42. The topological polar surface area (TPSA) is 82.1 Å². The Balaban J connectivity index is 1.65. The van der Waals surface area contributed by atoms with Crippen LogP contribution >= 0.6 is 0 Å². The molecule has 1 spiro atoms. The zero-order valence-electron chi connectivity index (χ0n) is 15.9. The van der Waals surface area contributed by atoms with Gasteiger partial charge in [-0.1, -0.05) is 13.8 Å². The van der Waals surface area contributed by atoms with E-state index in [9.17, 15) is 14.4 Å². The van der Waals surface area contributed by atoms with E-state index in [-0.39, 0.29) is 23.1 Å². The molecule has 3 amide bonds. The molecular formula is C19H30N4O3. The second-order valence-corrected chi connectivity index (χ2v) is 8.42. The number of amides is 3. The molecule has 26 heavy (non-hydrogen) atoms. The number of hydrazone groups is 1. The smallest absolute Gasteiger partial charge is 0.270 e. The molecule has 0 saturated carbocycles. The van der Waals surface area contributed by atoms with E-state index < -0.39 is 0 Å². The third-order valence-electron chi connectivity index (χ3n) is 5.82. The van der Waals surface area contributed by atoms with E-state index in [1.165, 1.54) is 0 Å². The fraction of sp³-hybridized carbons (Fsp3) is 0.789. The van der Waals surface area contributed by atoms with E-state index >= 15 is 0 Å². The Morgan fingerprint density at radius 2 is 2.00 bits per heavy atom. The second kappa shape index (κ2) is 7.76. The van der Waals surface area contributed by atoms with Crippen LogP contribution < -0.4 is 5.43 Å². The summed E-state index contributed by atoms with van der Waals surface area (Å²) in [6, 6.07) is 0. The highest BCUT2D eigenvalue weighted by atomic mass is 16.2. The molecule has 0 aromatic rings. The van der Waals surface area contributed by atoms with Crippen LogP contribution in [0.3, 0.4) is 0 Å². The summed E-state index contributed by atoms with van der Waals surface area (Å²) in [5.74, 6) is 0.627. The number of carbonyl (C=O) groups excluding carboxylic acids is 3. The minimum atomic E-state index is -0.136.